The van der Waals surface area contributed by atoms with Gasteiger partial charge < -0.3 is 9.47 Å². The SMILES string of the molecule is CN(C)/C=C/c1c(C=O)c2cc(Br)ccc2n1C. The highest BCUT2D eigenvalue weighted by Crippen LogP contribution is 2.27. The molecular weight excluding hydrogens is 292 g/mol. The molecule has 0 radical (unpaired) electrons. The van der Waals surface area contributed by atoms with E-state index in [1.54, 1.807) is 0 Å². The number of benzene rings is 1. The van der Waals surface area contributed by atoms with E-state index in [0.29, 0.717) is 0 Å². The van der Waals surface area contributed by atoms with Crippen LogP contribution in [-0.2, 0) is 7.05 Å². The molecule has 0 aliphatic rings. The van der Waals surface area contributed by atoms with Gasteiger partial charge in [-0.25, -0.2) is 0 Å². The molecule has 94 valence electrons. The zero-order valence-electron chi connectivity index (χ0n) is 10.6. The summed E-state index contributed by atoms with van der Waals surface area (Å²) in [7, 11) is 5.88. The van der Waals surface area contributed by atoms with Gasteiger partial charge in [0.2, 0.25) is 0 Å². The van der Waals surface area contributed by atoms with Crippen LogP contribution in [0.5, 0.6) is 0 Å². The fraction of sp³-hybridized carbons (Fsp3) is 0.214. The van der Waals surface area contributed by atoms with Crippen LogP contribution in [0, 0.1) is 0 Å². The Kier molecular flexibility index (Phi) is 3.57. The third kappa shape index (κ3) is 2.20. The predicted octanol–water partition coefficient (Wildman–Crippen LogP) is 3.29. The van der Waals surface area contributed by atoms with Crippen molar-refractivity contribution in [3.05, 3.63) is 40.1 Å². The zero-order valence-corrected chi connectivity index (χ0v) is 12.2. The maximum Gasteiger partial charge on any atom is 0.152 e. The van der Waals surface area contributed by atoms with Crippen LogP contribution in [0.3, 0.4) is 0 Å². The summed E-state index contributed by atoms with van der Waals surface area (Å²) < 4.78 is 3.01. The Balaban J connectivity index is 2.72. The van der Waals surface area contributed by atoms with Crippen LogP contribution in [0.4, 0.5) is 0 Å². The lowest BCUT2D eigenvalue weighted by atomic mass is 10.1. The van der Waals surface area contributed by atoms with Crippen molar-refractivity contribution in [2.24, 2.45) is 7.05 Å². The van der Waals surface area contributed by atoms with Gasteiger partial charge in [0.05, 0.1) is 5.69 Å². The number of hydrogen-bond acceptors (Lipinski definition) is 2. The van der Waals surface area contributed by atoms with Gasteiger partial charge in [-0.1, -0.05) is 15.9 Å². The molecule has 0 spiro atoms. The Morgan fingerprint density at radius 1 is 1.33 bits per heavy atom. The van der Waals surface area contributed by atoms with Gasteiger partial charge in [-0.05, 0) is 24.3 Å². The minimum atomic E-state index is 0.729. The number of carbonyl (C=O) groups is 1. The summed E-state index contributed by atoms with van der Waals surface area (Å²) in [5.74, 6) is 0. The van der Waals surface area contributed by atoms with Crippen LogP contribution in [-0.4, -0.2) is 29.8 Å². The second-order valence-electron chi connectivity index (χ2n) is 4.42. The van der Waals surface area contributed by atoms with Gasteiger partial charge in [0.25, 0.3) is 0 Å². The third-order valence-electron chi connectivity index (χ3n) is 2.90. The number of rotatable bonds is 3. The Morgan fingerprint density at radius 2 is 2.06 bits per heavy atom. The number of halogens is 1. The molecule has 2 aromatic rings. The summed E-state index contributed by atoms with van der Waals surface area (Å²) >= 11 is 3.44. The second-order valence-corrected chi connectivity index (χ2v) is 5.33. The molecule has 0 fully saturated rings. The lowest BCUT2D eigenvalue weighted by molar-refractivity contribution is 0.112. The minimum Gasteiger partial charge on any atom is -0.383 e. The molecule has 2 rings (SSSR count). The highest BCUT2D eigenvalue weighted by molar-refractivity contribution is 9.10. The first-order valence-electron chi connectivity index (χ1n) is 5.62. The fourth-order valence-electron chi connectivity index (χ4n) is 2.01. The molecule has 1 aromatic carbocycles. The number of carbonyl (C=O) groups excluding carboxylic acids is 1. The van der Waals surface area contributed by atoms with E-state index in [-0.39, 0.29) is 0 Å². The number of fused-ring (bicyclic) bond motifs is 1. The average Bonchev–Trinajstić information content (AvgIpc) is 2.58. The van der Waals surface area contributed by atoms with Gasteiger partial charge in [-0.3, -0.25) is 4.79 Å². The number of aromatic nitrogens is 1. The lowest BCUT2D eigenvalue weighted by Crippen LogP contribution is -2.01. The molecule has 0 amide bonds. The molecule has 0 aliphatic carbocycles. The van der Waals surface area contributed by atoms with Gasteiger partial charge in [-0.15, -0.1) is 0 Å². The van der Waals surface area contributed by atoms with Crippen molar-refractivity contribution < 1.29 is 4.79 Å². The summed E-state index contributed by atoms with van der Waals surface area (Å²) in [5, 5.41) is 0.972. The molecule has 1 heterocycles. The van der Waals surface area contributed by atoms with E-state index in [0.717, 1.165) is 32.9 Å². The Labute approximate surface area is 115 Å². The molecule has 0 saturated heterocycles. The van der Waals surface area contributed by atoms with E-state index in [4.69, 9.17) is 0 Å². The molecule has 4 heteroatoms. The first-order valence-corrected chi connectivity index (χ1v) is 6.41. The maximum absolute atomic E-state index is 11.3. The molecule has 0 saturated carbocycles. The van der Waals surface area contributed by atoms with Gasteiger partial charge in [0.15, 0.2) is 6.29 Å². The van der Waals surface area contributed by atoms with E-state index in [2.05, 4.69) is 15.9 Å². The van der Waals surface area contributed by atoms with Gasteiger partial charge >= 0.3 is 0 Å². The molecule has 0 aliphatic heterocycles. The third-order valence-corrected chi connectivity index (χ3v) is 3.39. The van der Waals surface area contributed by atoms with Crippen molar-refractivity contribution >= 4 is 39.2 Å². The average molecular weight is 307 g/mol. The fourth-order valence-corrected chi connectivity index (χ4v) is 2.37. The topological polar surface area (TPSA) is 25.2 Å². The molecule has 3 nitrogen and oxygen atoms in total. The van der Waals surface area contributed by atoms with Crippen molar-refractivity contribution in [2.75, 3.05) is 14.1 Å². The van der Waals surface area contributed by atoms with E-state index in [1.807, 2.05) is 61.1 Å². The Bertz CT molecular complexity index is 626. The maximum atomic E-state index is 11.3. The number of hydrogen-bond donors (Lipinski definition) is 0. The van der Waals surface area contributed by atoms with E-state index in [9.17, 15) is 4.79 Å². The molecule has 0 atom stereocenters. The van der Waals surface area contributed by atoms with Crippen molar-refractivity contribution in [1.29, 1.82) is 0 Å². The number of nitrogens with zero attached hydrogens (tertiary/aromatic N) is 2. The summed E-state index contributed by atoms with van der Waals surface area (Å²) in [4.78, 5) is 13.3. The normalized spacial score (nSPS) is 11.3. The smallest absolute Gasteiger partial charge is 0.152 e. The summed E-state index contributed by atoms with van der Waals surface area (Å²) in [5.41, 5.74) is 2.71. The van der Waals surface area contributed by atoms with Crippen molar-refractivity contribution in [3.63, 3.8) is 0 Å². The molecular formula is C14H15BrN2O. The van der Waals surface area contributed by atoms with Crippen molar-refractivity contribution in [2.45, 2.75) is 0 Å². The largest absolute Gasteiger partial charge is 0.383 e. The van der Waals surface area contributed by atoms with Crippen molar-refractivity contribution in [1.82, 2.24) is 9.47 Å². The first-order chi connectivity index (χ1) is 8.54. The van der Waals surface area contributed by atoms with Crippen LogP contribution in [0.1, 0.15) is 16.1 Å². The summed E-state index contributed by atoms with van der Waals surface area (Å²) in [6.45, 7) is 0. The molecule has 1 aromatic heterocycles. The van der Waals surface area contributed by atoms with Crippen LogP contribution in [0.25, 0.3) is 17.0 Å². The van der Waals surface area contributed by atoms with Crippen LogP contribution < -0.4 is 0 Å². The minimum absolute atomic E-state index is 0.729. The van der Waals surface area contributed by atoms with Gasteiger partial charge in [-0.2, -0.15) is 0 Å². The molecule has 0 bridgehead atoms. The highest BCUT2D eigenvalue weighted by atomic mass is 79.9. The predicted molar refractivity (Wildman–Crippen MR) is 78.7 cm³/mol. The van der Waals surface area contributed by atoms with E-state index in [1.165, 1.54) is 0 Å². The summed E-state index contributed by atoms with van der Waals surface area (Å²) in [6, 6.07) is 5.97. The van der Waals surface area contributed by atoms with Gasteiger partial charge in [0, 0.05) is 48.3 Å². The highest BCUT2D eigenvalue weighted by Gasteiger charge is 2.12. The Morgan fingerprint density at radius 3 is 2.67 bits per heavy atom. The second kappa shape index (κ2) is 4.98. The van der Waals surface area contributed by atoms with Gasteiger partial charge in [0.1, 0.15) is 0 Å². The lowest BCUT2D eigenvalue weighted by Gasteiger charge is -2.04. The van der Waals surface area contributed by atoms with Crippen LogP contribution >= 0.6 is 15.9 Å². The number of aryl methyl sites for hydroxylation is 1. The quantitative estimate of drug-likeness (QED) is 0.813. The van der Waals surface area contributed by atoms with Crippen LogP contribution in [0.2, 0.25) is 0 Å². The number of aldehydes is 1. The zero-order chi connectivity index (χ0) is 13.3. The summed E-state index contributed by atoms with van der Waals surface area (Å²) in [6.07, 6.45) is 4.82. The van der Waals surface area contributed by atoms with E-state index >= 15 is 0 Å². The monoisotopic (exact) mass is 306 g/mol. The van der Waals surface area contributed by atoms with Crippen LogP contribution in [0.15, 0.2) is 28.9 Å². The molecule has 18 heavy (non-hydrogen) atoms. The standard InChI is InChI=1S/C14H15BrN2O/c1-16(2)7-6-14-12(9-18)11-8-10(15)4-5-13(11)17(14)3/h4-9H,1-3H3/b7-6+. The molecule has 0 N–H and O–H groups in total. The Hall–Kier alpha value is -1.55. The van der Waals surface area contributed by atoms with E-state index < -0.39 is 0 Å². The first kappa shape index (κ1) is 12.9. The van der Waals surface area contributed by atoms with Crippen molar-refractivity contribution in [3.8, 4) is 0 Å². The molecule has 0 unspecified atom stereocenters.